The molecule has 0 radical (unpaired) electrons. The first-order valence-corrected chi connectivity index (χ1v) is 6.21. The minimum Gasteiger partial charge on any atom is -0.314 e. The summed E-state index contributed by atoms with van der Waals surface area (Å²) in [7, 11) is 0. The maximum Gasteiger partial charge on any atom is 0.419 e. The molecule has 114 valence electrons. The third kappa shape index (κ3) is 3.62. The first kappa shape index (κ1) is 17.2. The molecule has 2 rings (SSSR count). The van der Waals surface area contributed by atoms with E-state index in [0.29, 0.717) is 13.1 Å². The minimum absolute atomic E-state index is 0. The molecule has 1 N–H and O–H groups in total. The second kappa shape index (κ2) is 6.74. The Morgan fingerprint density at radius 2 is 1.80 bits per heavy atom. The lowest BCUT2D eigenvalue weighted by Crippen LogP contribution is -2.44. The summed E-state index contributed by atoms with van der Waals surface area (Å²) >= 11 is 0. The topological polar surface area (TPSA) is 15.3 Å². The zero-order valence-corrected chi connectivity index (χ0v) is 11.8. The molecule has 2 nitrogen and oxygen atoms in total. The number of alkyl halides is 3. The maximum absolute atomic E-state index is 14.0. The minimum atomic E-state index is -4.65. The standard InChI is InChI=1S/C13H16F4N2.ClH/c1-9(19-7-5-18-6-8-19)10-3-2-4-11(12(10)14)13(15,16)17;/h2-4,9,18H,5-8H2,1H3;1H/t9-;/m0./s1. The Hall–Kier alpha value is -0.850. The van der Waals surface area contributed by atoms with Gasteiger partial charge in [-0.1, -0.05) is 12.1 Å². The van der Waals surface area contributed by atoms with Crippen LogP contribution in [0.5, 0.6) is 0 Å². The summed E-state index contributed by atoms with van der Waals surface area (Å²) < 4.78 is 52.0. The number of nitrogens with one attached hydrogen (secondary N) is 1. The molecule has 1 heterocycles. The highest BCUT2D eigenvalue weighted by Gasteiger charge is 2.35. The third-order valence-electron chi connectivity index (χ3n) is 3.48. The van der Waals surface area contributed by atoms with Crippen molar-refractivity contribution >= 4 is 12.4 Å². The lowest BCUT2D eigenvalue weighted by atomic mass is 10.0. The van der Waals surface area contributed by atoms with Crippen LogP contribution in [-0.2, 0) is 6.18 Å². The molecule has 0 spiro atoms. The third-order valence-corrected chi connectivity index (χ3v) is 3.48. The number of benzene rings is 1. The Morgan fingerprint density at radius 1 is 1.20 bits per heavy atom. The molecule has 0 aliphatic carbocycles. The van der Waals surface area contributed by atoms with Crippen molar-refractivity contribution in [3.05, 3.63) is 35.1 Å². The Balaban J connectivity index is 0.00000200. The molecule has 0 amide bonds. The number of hydrogen-bond donors (Lipinski definition) is 1. The van der Waals surface area contributed by atoms with E-state index in [1.807, 2.05) is 4.90 Å². The molecule has 0 unspecified atom stereocenters. The summed E-state index contributed by atoms with van der Waals surface area (Å²) in [5.74, 6) is -1.15. The summed E-state index contributed by atoms with van der Waals surface area (Å²) in [6, 6.07) is 3.12. The summed E-state index contributed by atoms with van der Waals surface area (Å²) in [5, 5.41) is 3.16. The van der Waals surface area contributed by atoms with Crippen molar-refractivity contribution < 1.29 is 17.6 Å². The molecule has 7 heteroatoms. The van der Waals surface area contributed by atoms with Gasteiger partial charge in [-0.15, -0.1) is 12.4 Å². The maximum atomic E-state index is 14.0. The second-order valence-corrected chi connectivity index (χ2v) is 4.67. The van der Waals surface area contributed by atoms with E-state index in [-0.39, 0.29) is 24.0 Å². The number of nitrogens with zero attached hydrogens (tertiary/aromatic N) is 1. The Kier molecular flexibility index (Phi) is 5.79. The number of piperazine rings is 1. The van der Waals surface area contributed by atoms with Gasteiger partial charge in [0.05, 0.1) is 5.56 Å². The first-order valence-electron chi connectivity index (χ1n) is 6.21. The molecule has 1 aromatic rings. The quantitative estimate of drug-likeness (QED) is 0.844. The first-order chi connectivity index (χ1) is 8.91. The van der Waals surface area contributed by atoms with Crippen LogP contribution in [0, 0.1) is 5.82 Å². The van der Waals surface area contributed by atoms with Gasteiger partial charge in [-0.3, -0.25) is 4.90 Å². The van der Waals surface area contributed by atoms with Gasteiger partial charge in [0.25, 0.3) is 0 Å². The molecule has 1 saturated heterocycles. The summed E-state index contributed by atoms with van der Waals surface area (Å²) in [6.45, 7) is 4.69. The van der Waals surface area contributed by atoms with E-state index < -0.39 is 17.6 Å². The van der Waals surface area contributed by atoms with Gasteiger partial charge in [-0.05, 0) is 13.0 Å². The largest absolute Gasteiger partial charge is 0.419 e. The van der Waals surface area contributed by atoms with E-state index in [2.05, 4.69) is 5.32 Å². The molecular weight excluding hydrogens is 296 g/mol. The molecule has 0 saturated carbocycles. The molecule has 1 aromatic carbocycles. The smallest absolute Gasteiger partial charge is 0.314 e. The van der Waals surface area contributed by atoms with E-state index in [1.54, 1.807) is 6.92 Å². The highest BCUT2D eigenvalue weighted by molar-refractivity contribution is 5.85. The molecule has 1 aliphatic heterocycles. The van der Waals surface area contributed by atoms with Crippen molar-refractivity contribution in [2.75, 3.05) is 26.2 Å². The van der Waals surface area contributed by atoms with Gasteiger partial charge in [-0.2, -0.15) is 13.2 Å². The summed E-state index contributed by atoms with van der Waals surface area (Å²) in [6.07, 6.45) is -4.65. The van der Waals surface area contributed by atoms with Gasteiger partial charge in [0.15, 0.2) is 0 Å². The lowest BCUT2D eigenvalue weighted by Gasteiger charge is -2.33. The van der Waals surface area contributed by atoms with Gasteiger partial charge >= 0.3 is 6.18 Å². The van der Waals surface area contributed by atoms with Gasteiger partial charge in [0.2, 0.25) is 0 Å². The van der Waals surface area contributed by atoms with E-state index in [0.717, 1.165) is 19.2 Å². The van der Waals surface area contributed by atoms with E-state index in [9.17, 15) is 17.6 Å². The molecule has 1 aliphatic rings. The van der Waals surface area contributed by atoms with Crippen molar-refractivity contribution in [2.24, 2.45) is 0 Å². The summed E-state index contributed by atoms with van der Waals surface area (Å²) in [5.41, 5.74) is -1.08. The predicted octanol–water partition coefficient (Wildman–Crippen LogP) is 3.23. The van der Waals surface area contributed by atoms with Crippen LogP contribution in [0.15, 0.2) is 18.2 Å². The second-order valence-electron chi connectivity index (χ2n) is 4.67. The molecule has 0 aromatic heterocycles. The van der Waals surface area contributed by atoms with Gasteiger partial charge in [0, 0.05) is 37.8 Å². The van der Waals surface area contributed by atoms with E-state index >= 15 is 0 Å². The monoisotopic (exact) mass is 312 g/mol. The fraction of sp³-hybridized carbons (Fsp3) is 0.538. The van der Waals surface area contributed by atoms with Crippen molar-refractivity contribution in [2.45, 2.75) is 19.1 Å². The van der Waals surface area contributed by atoms with E-state index in [1.165, 1.54) is 12.1 Å². The molecule has 1 fully saturated rings. The van der Waals surface area contributed by atoms with Crippen LogP contribution in [0.1, 0.15) is 24.1 Å². The van der Waals surface area contributed by atoms with Crippen LogP contribution in [0.2, 0.25) is 0 Å². The SMILES string of the molecule is C[C@@H](c1cccc(C(F)(F)F)c1F)N1CCNCC1.Cl. The van der Waals surface area contributed by atoms with Crippen molar-refractivity contribution in [3.8, 4) is 0 Å². The van der Waals surface area contributed by atoms with Gasteiger partial charge in [-0.25, -0.2) is 4.39 Å². The van der Waals surface area contributed by atoms with Crippen molar-refractivity contribution in [1.29, 1.82) is 0 Å². The average molecular weight is 313 g/mol. The molecule has 0 bridgehead atoms. The lowest BCUT2D eigenvalue weighted by molar-refractivity contribution is -0.140. The Morgan fingerprint density at radius 3 is 2.35 bits per heavy atom. The normalized spacial score (nSPS) is 18.4. The predicted molar refractivity (Wildman–Crippen MR) is 71.5 cm³/mol. The van der Waals surface area contributed by atoms with Crippen molar-refractivity contribution in [3.63, 3.8) is 0 Å². The molecule has 1 atom stereocenters. The zero-order chi connectivity index (χ0) is 14.0. The highest BCUT2D eigenvalue weighted by atomic mass is 35.5. The van der Waals surface area contributed by atoms with Crippen molar-refractivity contribution in [1.82, 2.24) is 10.2 Å². The molecular formula is C13H17ClF4N2. The zero-order valence-electron chi connectivity index (χ0n) is 11.0. The average Bonchev–Trinajstić information content (AvgIpc) is 2.38. The highest BCUT2D eigenvalue weighted by Crippen LogP contribution is 2.34. The van der Waals surface area contributed by atoms with E-state index in [4.69, 9.17) is 0 Å². The number of hydrogen-bond acceptors (Lipinski definition) is 2. The number of halogens is 5. The van der Waals surface area contributed by atoms with Gasteiger partial charge in [0.1, 0.15) is 5.82 Å². The number of rotatable bonds is 2. The molecule has 20 heavy (non-hydrogen) atoms. The van der Waals surface area contributed by atoms with Crippen LogP contribution in [0.3, 0.4) is 0 Å². The fourth-order valence-electron chi connectivity index (χ4n) is 2.36. The Labute approximate surface area is 121 Å². The van der Waals surface area contributed by atoms with Crippen LogP contribution in [0.25, 0.3) is 0 Å². The Bertz CT molecular complexity index is 444. The van der Waals surface area contributed by atoms with Crippen LogP contribution < -0.4 is 5.32 Å². The fourth-order valence-corrected chi connectivity index (χ4v) is 2.36. The van der Waals surface area contributed by atoms with Crippen LogP contribution in [-0.4, -0.2) is 31.1 Å². The van der Waals surface area contributed by atoms with Gasteiger partial charge < -0.3 is 5.32 Å². The van der Waals surface area contributed by atoms with Crippen LogP contribution >= 0.6 is 12.4 Å². The summed E-state index contributed by atoms with van der Waals surface area (Å²) in [4.78, 5) is 1.98. The van der Waals surface area contributed by atoms with Crippen LogP contribution in [0.4, 0.5) is 17.6 Å².